The maximum absolute atomic E-state index is 11.9. The first-order valence-electron chi connectivity index (χ1n) is 10.2. The fourth-order valence-corrected chi connectivity index (χ4v) is 3.32. The summed E-state index contributed by atoms with van der Waals surface area (Å²) in [5.74, 6) is 0.0684. The maximum Gasteiger partial charge on any atom is 0.161 e. The van der Waals surface area contributed by atoms with Crippen LogP contribution in [0.3, 0.4) is 0 Å². The summed E-state index contributed by atoms with van der Waals surface area (Å²) >= 11 is 0. The maximum atomic E-state index is 11.9. The highest BCUT2D eigenvalue weighted by Gasteiger charge is 2.13. The second-order valence-corrected chi connectivity index (χ2v) is 7.17. The van der Waals surface area contributed by atoms with Gasteiger partial charge in [-0.3, -0.25) is 4.79 Å². The molecular formula is C21H38O2. The number of ketones is 1. The van der Waals surface area contributed by atoms with Crippen molar-refractivity contribution in [2.75, 3.05) is 0 Å². The zero-order valence-corrected chi connectivity index (χ0v) is 15.1. The Morgan fingerprint density at radius 2 is 1.09 bits per heavy atom. The Morgan fingerprint density at radius 3 is 1.65 bits per heavy atom. The molecule has 0 amide bonds. The van der Waals surface area contributed by atoms with E-state index in [0.717, 1.165) is 25.7 Å². The molecule has 0 aromatic rings. The van der Waals surface area contributed by atoms with Crippen LogP contribution in [0.2, 0.25) is 0 Å². The molecule has 0 aromatic heterocycles. The average Bonchev–Trinajstić information content (AvgIpc) is 2.55. The topological polar surface area (TPSA) is 37.3 Å². The lowest BCUT2D eigenvalue weighted by Crippen LogP contribution is -2.19. The minimum absolute atomic E-state index is 0.0684. The minimum atomic E-state index is -0.700. The summed E-state index contributed by atoms with van der Waals surface area (Å²) in [6, 6.07) is 0. The zero-order valence-electron chi connectivity index (χ0n) is 15.1. The van der Waals surface area contributed by atoms with Gasteiger partial charge in [-0.05, 0) is 38.5 Å². The predicted molar refractivity (Wildman–Crippen MR) is 98.6 cm³/mol. The highest BCUT2D eigenvalue weighted by molar-refractivity contribution is 5.82. The van der Waals surface area contributed by atoms with Gasteiger partial charge < -0.3 is 5.11 Å². The van der Waals surface area contributed by atoms with Crippen LogP contribution in [-0.2, 0) is 4.79 Å². The third-order valence-electron chi connectivity index (χ3n) is 4.93. The lowest BCUT2D eigenvalue weighted by atomic mass is 10.0. The highest BCUT2D eigenvalue weighted by Crippen LogP contribution is 2.14. The van der Waals surface area contributed by atoms with Crippen molar-refractivity contribution >= 4 is 5.78 Å². The van der Waals surface area contributed by atoms with Crippen LogP contribution in [0.1, 0.15) is 109 Å². The van der Waals surface area contributed by atoms with Gasteiger partial charge in [0.2, 0.25) is 0 Å². The van der Waals surface area contributed by atoms with Gasteiger partial charge in [0.15, 0.2) is 5.78 Å². The summed E-state index contributed by atoms with van der Waals surface area (Å²) in [6.07, 6.45) is 23.6. The first kappa shape index (κ1) is 20.4. The number of aliphatic hydroxyl groups is 1. The van der Waals surface area contributed by atoms with Crippen molar-refractivity contribution in [2.24, 2.45) is 0 Å². The molecule has 0 fully saturated rings. The summed E-state index contributed by atoms with van der Waals surface area (Å²) in [5, 5.41) is 9.91. The molecule has 0 saturated heterocycles. The van der Waals surface area contributed by atoms with Crippen molar-refractivity contribution in [1.82, 2.24) is 0 Å². The van der Waals surface area contributed by atoms with E-state index < -0.39 is 6.10 Å². The van der Waals surface area contributed by atoms with Gasteiger partial charge in [-0.2, -0.15) is 0 Å². The van der Waals surface area contributed by atoms with Crippen molar-refractivity contribution < 1.29 is 9.90 Å². The van der Waals surface area contributed by atoms with Crippen LogP contribution >= 0.6 is 0 Å². The number of hydrogen-bond acceptors (Lipinski definition) is 2. The molecule has 0 heterocycles. The van der Waals surface area contributed by atoms with Crippen LogP contribution in [0.25, 0.3) is 0 Å². The lowest BCUT2D eigenvalue weighted by molar-refractivity contribution is -0.127. The third-order valence-corrected chi connectivity index (χ3v) is 4.93. The van der Waals surface area contributed by atoms with E-state index in [1.54, 1.807) is 0 Å². The Labute approximate surface area is 143 Å². The van der Waals surface area contributed by atoms with Crippen molar-refractivity contribution in [3.8, 4) is 0 Å². The molecule has 0 aliphatic heterocycles. The van der Waals surface area contributed by atoms with Gasteiger partial charge in [0.1, 0.15) is 6.10 Å². The van der Waals surface area contributed by atoms with Crippen LogP contribution in [-0.4, -0.2) is 17.0 Å². The van der Waals surface area contributed by atoms with Gasteiger partial charge >= 0.3 is 0 Å². The summed E-state index contributed by atoms with van der Waals surface area (Å²) in [7, 11) is 0. The molecule has 1 aliphatic rings. The van der Waals surface area contributed by atoms with E-state index in [1.165, 1.54) is 70.6 Å². The van der Waals surface area contributed by atoms with Crippen LogP contribution in [0.4, 0.5) is 0 Å². The summed E-state index contributed by atoms with van der Waals surface area (Å²) in [5.41, 5.74) is 0. The van der Waals surface area contributed by atoms with Crippen molar-refractivity contribution in [2.45, 2.75) is 115 Å². The molecule has 1 atom stereocenters. The van der Waals surface area contributed by atoms with E-state index in [4.69, 9.17) is 0 Å². The predicted octanol–water partition coefficient (Wildman–Crippen LogP) is 6.12. The molecule has 1 N–H and O–H groups in total. The normalized spacial score (nSPS) is 25.6. The number of allylic oxidation sites excluding steroid dienone is 2. The number of carbonyl (C=O) groups is 1. The molecule has 0 saturated carbocycles. The largest absolute Gasteiger partial charge is 0.385 e. The fourth-order valence-electron chi connectivity index (χ4n) is 3.32. The van der Waals surface area contributed by atoms with E-state index in [1.807, 2.05) is 0 Å². The Hall–Kier alpha value is -0.630. The first-order valence-corrected chi connectivity index (χ1v) is 10.2. The third kappa shape index (κ3) is 12.5. The van der Waals surface area contributed by atoms with Crippen LogP contribution < -0.4 is 0 Å². The van der Waals surface area contributed by atoms with Gasteiger partial charge in [-0.1, -0.05) is 76.4 Å². The number of hydrogen-bond donors (Lipinski definition) is 1. The van der Waals surface area contributed by atoms with Crippen molar-refractivity contribution in [1.29, 1.82) is 0 Å². The molecule has 1 aliphatic carbocycles. The van der Waals surface area contributed by atoms with Crippen LogP contribution in [0.15, 0.2) is 12.2 Å². The Kier molecular flexibility index (Phi) is 13.3. The SMILES string of the molecule is O=C1CCCCCCCC=CCCCCCCCCCCC1O. The Morgan fingerprint density at radius 1 is 0.652 bits per heavy atom. The molecule has 0 spiro atoms. The smallest absolute Gasteiger partial charge is 0.161 e. The number of aliphatic hydroxyl groups excluding tert-OH is 1. The molecular weight excluding hydrogens is 284 g/mol. The summed E-state index contributed by atoms with van der Waals surface area (Å²) in [6.45, 7) is 0. The molecule has 23 heavy (non-hydrogen) atoms. The first-order chi connectivity index (χ1) is 11.3. The molecule has 2 nitrogen and oxygen atoms in total. The number of rotatable bonds is 0. The highest BCUT2D eigenvalue weighted by atomic mass is 16.3. The Bertz CT molecular complexity index is 309. The standard InChI is InChI=1S/C21H38O2/c22-20-18-16-14-12-10-8-6-4-2-1-3-5-7-9-11-13-15-17-19-21(20)23/h2,4,21,23H,1,3,5-19H2. The monoisotopic (exact) mass is 322 g/mol. The minimum Gasteiger partial charge on any atom is -0.385 e. The van der Waals surface area contributed by atoms with E-state index >= 15 is 0 Å². The Balaban J connectivity index is 2.22. The molecule has 1 unspecified atom stereocenters. The van der Waals surface area contributed by atoms with Crippen LogP contribution in [0, 0.1) is 0 Å². The van der Waals surface area contributed by atoms with Crippen molar-refractivity contribution in [3.63, 3.8) is 0 Å². The summed E-state index contributed by atoms with van der Waals surface area (Å²) < 4.78 is 0. The second kappa shape index (κ2) is 14.9. The van der Waals surface area contributed by atoms with E-state index in [9.17, 15) is 9.90 Å². The quantitative estimate of drug-likeness (QED) is 0.546. The second-order valence-electron chi connectivity index (χ2n) is 7.17. The summed E-state index contributed by atoms with van der Waals surface area (Å²) in [4.78, 5) is 11.9. The van der Waals surface area contributed by atoms with Gasteiger partial charge in [0.05, 0.1) is 0 Å². The molecule has 0 aromatic carbocycles. The average molecular weight is 323 g/mol. The molecule has 0 radical (unpaired) electrons. The molecule has 2 heteroatoms. The number of carbonyl (C=O) groups excluding carboxylic acids is 1. The molecule has 1 rings (SSSR count). The zero-order chi connectivity index (χ0) is 16.6. The molecule has 134 valence electrons. The van der Waals surface area contributed by atoms with Crippen LogP contribution in [0.5, 0.6) is 0 Å². The van der Waals surface area contributed by atoms with E-state index in [0.29, 0.717) is 12.8 Å². The number of Topliss-reactive ketones (excluding diaryl/α,β-unsaturated/α-hetero) is 1. The molecule has 0 bridgehead atoms. The van der Waals surface area contributed by atoms with Gasteiger partial charge in [-0.15, -0.1) is 0 Å². The van der Waals surface area contributed by atoms with Gasteiger partial charge in [0, 0.05) is 6.42 Å². The lowest BCUT2D eigenvalue weighted by Gasteiger charge is -2.09. The fraction of sp³-hybridized carbons (Fsp3) is 0.857. The van der Waals surface area contributed by atoms with Gasteiger partial charge in [0.25, 0.3) is 0 Å². The van der Waals surface area contributed by atoms with Gasteiger partial charge in [-0.25, -0.2) is 0 Å². The van der Waals surface area contributed by atoms with E-state index in [-0.39, 0.29) is 5.78 Å². The van der Waals surface area contributed by atoms with E-state index in [2.05, 4.69) is 12.2 Å². The van der Waals surface area contributed by atoms with Crippen molar-refractivity contribution in [3.05, 3.63) is 12.2 Å².